The largest absolute Gasteiger partial charge is 0.489 e. The van der Waals surface area contributed by atoms with Crippen molar-refractivity contribution in [2.45, 2.75) is 57.3 Å². The van der Waals surface area contributed by atoms with Crippen molar-refractivity contribution in [2.75, 3.05) is 0 Å². The summed E-state index contributed by atoms with van der Waals surface area (Å²) in [6, 6.07) is 15.3. The van der Waals surface area contributed by atoms with Gasteiger partial charge in [0.25, 0.3) is 0 Å². The molecule has 2 atom stereocenters. The van der Waals surface area contributed by atoms with Gasteiger partial charge in [-0.1, -0.05) is 24.3 Å². The van der Waals surface area contributed by atoms with Crippen molar-refractivity contribution in [3.05, 3.63) is 65.5 Å². The minimum absolute atomic E-state index is 0. The molecule has 0 saturated carbocycles. The molecule has 0 spiro atoms. The lowest BCUT2D eigenvalue weighted by molar-refractivity contribution is -0.122. The number of hydrogen-bond donors (Lipinski definition) is 2. The van der Waals surface area contributed by atoms with Crippen molar-refractivity contribution in [3.63, 3.8) is 0 Å². The van der Waals surface area contributed by atoms with Crippen LogP contribution in [0.15, 0.2) is 48.5 Å². The van der Waals surface area contributed by atoms with Crippen LogP contribution >= 0.6 is 12.4 Å². The molecule has 4 rings (SSSR count). The van der Waals surface area contributed by atoms with Crippen LogP contribution in [-0.2, 0) is 17.9 Å². The SMILES string of the molecule is Cl.O=C(CC1CC2CCC(C1)N2)NCc1ccc(OCc2cccc(F)c2)cc1. The monoisotopic (exact) mass is 418 g/mol. The van der Waals surface area contributed by atoms with Crippen molar-refractivity contribution in [2.24, 2.45) is 5.92 Å². The van der Waals surface area contributed by atoms with Crippen molar-refractivity contribution in [3.8, 4) is 5.75 Å². The molecule has 156 valence electrons. The molecule has 0 radical (unpaired) electrons. The zero-order valence-electron chi connectivity index (χ0n) is 16.4. The fourth-order valence-electron chi connectivity index (χ4n) is 4.37. The van der Waals surface area contributed by atoms with Crippen LogP contribution in [0.1, 0.15) is 43.2 Å². The lowest BCUT2D eigenvalue weighted by Gasteiger charge is -2.28. The fraction of sp³-hybridized carbons (Fsp3) is 0.435. The summed E-state index contributed by atoms with van der Waals surface area (Å²) in [6.07, 6.45) is 5.40. The maximum absolute atomic E-state index is 13.2. The van der Waals surface area contributed by atoms with Gasteiger partial charge in [-0.05, 0) is 67.0 Å². The van der Waals surface area contributed by atoms with Gasteiger partial charge >= 0.3 is 0 Å². The lowest BCUT2D eigenvalue weighted by Crippen LogP contribution is -2.39. The second-order valence-corrected chi connectivity index (χ2v) is 8.02. The van der Waals surface area contributed by atoms with Gasteiger partial charge in [0.15, 0.2) is 0 Å². The molecule has 0 aromatic heterocycles. The molecule has 0 aliphatic carbocycles. The van der Waals surface area contributed by atoms with Crippen LogP contribution in [0.25, 0.3) is 0 Å². The van der Waals surface area contributed by atoms with Gasteiger partial charge in [0.1, 0.15) is 18.2 Å². The average Bonchev–Trinajstić information content (AvgIpc) is 3.04. The number of carbonyl (C=O) groups excluding carboxylic acids is 1. The lowest BCUT2D eigenvalue weighted by atomic mass is 9.89. The highest BCUT2D eigenvalue weighted by atomic mass is 35.5. The van der Waals surface area contributed by atoms with E-state index in [1.165, 1.54) is 25.0 Å². The third-order valence-corrected chi connectivity index (χ3v) is 5.75. The molecule has 2 N–H and O–H groups in total. The van der Waals surface area contributed by atoms with E-state index in [1.54, 1.807) is 6.07 Å². The Morgan fingerprint density at radius 2 is 1.79 bits per heavy atom. The van der Waals surface area contributed by atoms with E-state index in [9.17, 15) is 9.18 Å². The van der Waals surface area contributed by atoms with Crippen molar-refractivity contribution in [1.29, 1.82) is 0 Å². The molecule has 2 aromatic carbocycles. The van der Waals surface area contributed by atoms with E-state index in [1.807, 2.05) is 30.3 Å². The quantitative estimate of drug-likeness (QED) is 0.702. The first-order valence-electron chi connectivity index (χ1n) is 10.1. The first-order valence-corrected chi connectivity index (χ1v) is 10.1. The van der Waals surface area contributed by atoms with Crippen LogP contribution in [0.5, 0.6) is 5.75 Å². The van der Waals surface area contributed by atoms with Crippen molar-refractivity contribution in [1.82, 2.24) is 10.6 Å². The highest BCUT2D eigenvalue weighted by Gasteiger charge is 2.34. The molecule has 2 aliphatic rings. The number of benzene rings is 2. The van der Waals surface area contributed by atoms with Gasteiger partial charge in [0, 0.05) is 25.0 Å². The minimum atomic E-state index is -0.260. The fourth-order valence-corrected chi connectivity index (χ4v) is 4.37. The number of hydrogen-bond acceptors (Lipinski definition) is 3. The molecule has 2 saturated heterocycles. The van der Waals surface area contributed by atoms with Crippen LogP contribution in [0.2, 0.25) is 0 Å². The molecule has 2 fully saturated rings. The summed E-state index contributed by atoms with van der Waals surface area (Å²) in [5.74, 6) is 1.11. The van der Waals surface area contributed by atoms with Gasteiger partial charge in [-0.15, -0.1) is 12.4 Å². The molecule has 2 aliphatic heterocycles. The molecule has 2 unspecified atom stereocenters. The topological polar surface area (TPSA) is 50.4 Å². The first kappa shape index (κ1) is 21.6. The number of carbonyl (C=O) groups is 1. The highest BCUT2D eigenvalue weighted by Crippen LogP contribution is 2.32. The summed E-state index contributed by atoms with van der Waals surface area (Å²) in [7, 11) is 0. The van der Waals surface area contributed by atoms with Crippen LogP contribution in [-0.4, -0.2) is 18.0 Å². The van der Waals surface area contributed by atoms with Gasteiger partial charge in [-0.2, -0.15) is 0 Å². The third-order valence-electron chi connectivity index (χ3n) is 5.75. The average molecular weight is 419 g/mol. The predicted octanol–water partition coefficient (Wildman–Crippen LogP) is 4.36. The summed E-state index contributed by atoms with van der Waals surface area (Å²) in [5, 5.41) is 6.66. The van der Waals surface area contributed by atoms with Crippen LogP contribution in [0, 0.1) is 11.7 Å². The first-order chi connectivity index (χ1) is 13.6. The van der Waals surface area contributed by atoms with E-state index in [-0.39, 0.29) is 24.1 Å². The molecule has 2 bridgehead atoms. The number of nitrogens with one attached hydrogen (secondary N) is 2. The zero-order valence-corrected chi connectivity index (χ0v) is 17.2. The number of piperidine rings is 1. The molecule has 29 heavy (non-hydrogen) atoms. The van der Waals surface area contributed by atoms with Gasteiger partial charge in [0.2, 0.25) is 5.91 Å². The molecule has 4 nitrogen and oxygen atoms in total. The van der Waals surface area contributed by atoms with E-state index in [0.29, 0.717) is 37.6 Å². The number of ether oxygens (including phenoxy) is 1. The third kappa shape index (κ3) is 6.18. The van der Waals surface area contributed by atoms with Gasteiger partial charge < -0.3 is 15.4 Å². The number of rotatable bonds is 7. The Kier molecular flexibility index (Phi) is 7.51. The number of amides is 1. The predicted molar refractivity (Wildman–Crippen MR) is 114 cm³/mol. The summed E-state index contributed by atoms with van der Waals surface area (Å²) in [5.41, 5.74) is 1.83. The Balaban J connectivity index is 0.00000240. The van der Waals surface area contributed by atoms with Crippen LogP contribution in [0.4, 0.5) is 4.39 Å². The van der Waals surface area contributed by atoms with E-state index in [0.717, 1.165) is 29.7 Å². The highest BCUT2D eigenvalue weighted by molar-refractivity contribution is 5.85. The Morgan fingerprint density at radius 1 is 1.07 bits per heavy atom. The summed E-state index contributed by atoms with van der Waals surface area (Å²) in [6.45, 7) is 0.854. The summed E-state index contributed by atoms with van der Waals surface area (Å²) < 4.78 is 18.9. The molecular formula is C23H28ClFN2O2. The van der Waals surface area contributed by atoms with Crippen molar-refractivity contribution >= 4 is 18.3 Å². The van der Waals surface area contributed by atoms with E-state index < -0.39 is 0 Å². The van der Waals surface area contributed by atoms with Crippen LogP contribution in [0.3, 0.4) is 0 Å². The second-order valence-electron chi connectivity index (χ2n) is 8.02. The maximum atomic E-state index is 13.2. The van der Waals surface area contributed by atoms with E-state index in [4.69, 9.17) is 4.74 Å². The minimum Gasteiger partial charge on any atom is -0.489 e. The van der Waals surface area contributed by atoms with Gasteiger partial charge in [0.05, 0.1) is 0 Å². The maximum Gasteiger partial charge on any atom is 0.220 e. The molecule has 1 amide bonds. The molecular weight excluding hydrogens is 391 g/mol. The van der Waals surface area contributed by atoms with Gasteiger partial charge in [-0.3, -0.25) is 4.79 Å². The molecule has 2 heterocycles. The van der Waals surface area contributed by atoms with Gasteiger partial charge in [-0.25, -0.2) is 4.39 Å². The number of fused-ring (bicyclic) bond motifs is 2. The molecule has 2 aromatic rings. The Labute approximate surface area is 177 Å². The standard InChI is InChI=1S/C23H27FN2O2.ClH/c24-19-3-1-2-17(10-19)15-28-22-8-4-16(5-9-22)14-25-23(27)13-18-11-20-6-7-21(12-18)26-20;/h1-5,8-10,18,20-21,26H,6-7,11-15H2,(H,25,27);1H. The van der Waals surface area contributed by atoms with E-state index in [2.05, 4.69) is 10.6 Å². The summed E-state index contributed by atoms with van der Waals surface area (Å²) >= 11 is 0. The normalized spacial score (nSPS) is 22.6. The Hall–Kier alpha value is -2.11. The zero-order chi connectivity index (χ0) is 19.3. The molecule has 6 heteroatoms. The smallest absolute Gasteiger partial charge is 0.220 e. The number of halogens is 2. The van der Waals surface area contributed by atoms with Crippen molar-refractivity contribution < 1.29 is 13.9 Å². The second kappa shape index (κ2) is 10.1. The summed E-state index contributed by atoms with van der Waals surface area (Å²) in [4.78, 5) is 12.3. The Morgan fingerprint density at radius 3 is 2.48 bits per heavy atom. The Bertz CT molecular complexity index is 803. The van der Waals surface area contributed by atoms with Crippen LogP contribution < -0.4 is 15.4 Å². The van der Waals surface area contributed by atoms with E-state index >= 15 is 0 Å².